The highest BCUT2D eigenvalue weighted by atomic mass is 16.5. The quantitative estimate of drug-likeness (QED) is 0.850. The summed E-state index contributed by atoms with van der Waals surface area (Å²) in [5.41, 5.74) is 1.12. The fourth-order valence-electron chi connectivity index (χ4n) is 3.43. The highest BCUT2D eigenvalue weighted by Crippen LogP contribution is 2.36. The van der Waals surface area contributed by atoms with Crippen LogP contribution in [0.1, 0.15) is 42.2 Å². The van der Waals surface area contributed by atoms with Crippen LogP contribution in [0.15, 0.2) is 28.7 Å². The SMILES string of the molecule is Cc1nnc(C2CN(C(=O)CC3CCOc4ccccc43)CCO2)o1. The Morgan fingerprint density at radius 3 is 3.00 bits per heavy atom. The highest BCUT2D eigenvalue weighted by Gasteiger charge is 2.31. The largest absolute Gasteiger partial charge is 0.493 e. The van der Waals surface area contributed by atoms with Gasteiger partial charge in [0.05, 0.1) is 19.8 Å². The Morgan fingerprint density at radius 2 is 2.16 bits per heavy atom. The van der Waals surface area contributed by atoms with Crippen molar-refractivity contribution in [3.63, 3.8) is 0 Å². The molecule has 25 heavy (non-hydrogen) atoms. The van der Waals surface area contributed by atoms with Crippen molar-refractivity contribution in [1.82, 2.24) is 15.1 Å². The van der Waals surface area contributed by atoms with E-state index in [0.717, 1.165) is 17.7 Å². The molecule has 2 aliphatic rings. The number of nitrogens with zero attached hydrogens (tertiary/aromatic N) is 3. The molecule has 2 atom stereocenters. The van der Waals surface area contributed by atoms with E-state index in [9.17, 15) is 4.79 Å². The molecule has 132 valence electrons. The molecule has 4 rings (SSSR count). The first-order valence-corrected chi connectivity index (χ1v) is 8.62. The second-order valence-corrected chi connectivity index (χ2v) is 6.43. The molecule has 1 saturated heterocycles. The number of benzene rings is 1. The maximum Gasteiger partial charge on any atom is 0.246 e. The molecule has 1 aromatic carbocycles. The van der Waals surface area contributed by atoms with Crippen molar-refractivity contribution in [3.8, 4) is 5.75 Å². The van der Waals surface area contributed by atoms with Gasteiger partial charge in [-0.05, 0) is 24.0 Å². The smallest absolute Gasteiger partial charge is 0.246 e. The lowest BCUT2D eigenvalue weighted by Gasteiger charge is -2.33. The normalized spacial score (nSPS) is 23.0. The van der Waals surface area contributed by atoms with E-state index in [1.165, 1.54) is 0 Å². The highest BCUT2D eigenvalue weighted by molar-refractivity contribution is 5.77. The summed E-state index contributed by atoms with van der Waals surface area (Å²) in [4.78, 5) is 14.7. The number of hydrogen-bond acceptors (Lipinski definition) is 6. The first kappa shape index (κ1) is 16.1. The molecule has 2 aromatic rings. The van der Waals surface area contributed by atoms with Crippen LogP contribution in [0.5, 0.6) is 5.75 Å². The molecule has 2 unspecified atom stereocenters. The van der Waals surface area contributed by atoms with Crippen LogP contribution >= 0.6 is 0 Å². The number of para-hydroxylation sites is 1. The zero-order valence-corrected chi connectivity index (χ0v) is 14.2. The molecule has 7 heteroatoms. The van der Waals surface area contributed by atoms with Gasteiger partial charge in [-0.15, -0.1) is 10.2 Å². The molecule has 3 heterocycles. The van der Waals surface area contributed by atoms with Crippen LogP contribution in [0, 0.1) is 6.92 Å². The minimum Gasteiger partial charge on any atom is -0.493 e. The van der Waals surface area contributed by atoms with Crippen LogP contribution in [-0.2, 0) is 9.53 Å². The first-order chi connectivity index (χ1) is 12.2. The number of aromatic nitrogens is 2. The molecular weight excluding hydrogens is 322 g/mol. The number of carbonyl (C=O) groups is 1. The Hall–Kier alpha value is -2.41. The summed E-state index contributed by atoms with van der Waals surface area (Å²) in [5, 5.41) is 7.85. The molecule has 1 fully saturated rings. The van der Waals surface area contributed by atoms with E-state index in [1.54, 1.807) is 6.92 Å². The molecule has 0 radical (unpaired) electrons. The molecule has 0 spiro atoms. The third kappa shape index (κ3) is 3.37. The van der Waals surface area contributed by atoms with Gasteiger partial charge in [0.2, 0.25) is 17.7 Å². The van der Waals surface area contributed by atoms with Gasteiger partial charge in [0.1, 0.15) is 5.75 Å². The summed E-state index contributed by atoms with van der Waals surface area (Å²) < 4.78 is 16.8. The summed E-state index contributed by atoms with van der Waals surface area (Å²) in [5.74, 6) is 2.16. The monoisotopic (exact) mass is 343 g/mol. The van der Waals surface area contributed by atoms with Crippen molar-refractivity contribution < 1.29 is 18.7 Å². The van der Waals surface area contributed by atoms with Gasteiger partial charge in [-0.2, -0.15) is 0 Å². The van der Waals surface area contributed by atoms with E-state index in [2.05, 4.69) is 16.3 Å². The fourth-order valence-corrected chi connectivity index (χ4v) is 3.43. The summed E-state index contributed by atoms with van der Waals surface area (Å²) in [6, 6.07) is 7.97. The number of carbonyl (C=O) groups excluding carboxylic acids is 1. The number of rotatable bonds is 3. The maximum absolute atomic E-state index is 12.8. The van der Waals surface area contributed by atoms with Crippen LogP contribution in [0.3, 0.4) is 0 Å². The van der Waals surface area contributed by atoms with Crippen molar-refractivity contribution in [2.75, 3.05) is 26.3 Å². The number of morpholine rings is 1. The van der Waals surface area contributed by atoms with E-state index in [-0.39, 0.29) is 17.9 Å². The average Bonchev–Trinajstić information content (AvgIpc) is 3.09. The molecule has 1 aromatic heterocycles. The van der Waals surface area contributed by atoms with Crippen molar-refractivity contribution >= 4 is 5.91 Å². The number of ether oxygens (including phenoxy) is 2. The standard InChI is InChI=1S/C18H21N3O4/c1-12-19-20-18(25-12)16-11-21(7-9-24-16)17(22)10-13-6-8-23-15-5-3-2-4-14(13)15/h2-5,13,16H,6-11H2,1H3. The van der Waals surface area contributed by atoms with Gasteiger partial charge in [0, 0.05) is 19.9 Å². The topological polar surface area (TPSA) is 77.7 Å². The Labute approximate surface area is 145 Å². The maximum atomic E-state index is 12.8. The molecule has 0 saturated carbocycles. The third-order valence-electron chi connectivity index (χ3n) is 4.74. The molecule has 2 aliphatic heterocycles. The van der Waals surface area contributed by atoms with Gasteiger partial charge >= 0.3 is 0 Å². The van der Waals surface area contributed by atoms with Gasteiger partial charge in [-0.1, -0.05) is 18.2 Å². The van der Waals surface area contributed by atoms with Crippen molar-refractivity contribution in [1.29, 1.82) is 0 Å². The third-order valence-corrected chi connectivity index (χ3v) is 4.74. The summed E-state index contributed by atoms with van der Waals surface area (Å²) in [6.07, 6.45) is 0.996. The lowest BCUT2D eigenvalue weighted by Crippen LogP contribution is -2.43. The Kier molecular flexibility index (Phi) is 4.40. The number of aryl methyl sites for hydroxylation is 1. The minimum absolute atomic E-state index is 0.131. The predicted octanol–water partition coefficient (Wildman–Crippen LogP) is 2.23. The fraction of sp³-hybridized carbons (Fsp3) is 0.500. The van der Waals surface area contributed by atoms with Crippen LogP contribution in [0.4, 0.5) is 0 Å². The summed E-state index contributed by atoms with van der Waals surface area (Å²) >= 11 is 0. The zero-order valence-electron chi connectivity index (χ0n) is 14.2. The summed E-state index contributed by atoms with van der Waals surface area (Å²) in [7, 11) is 0. The number of fused-ring (bicyclic) bond motifs is 1. The molecule has 7 nitrogen and oxygen atoms in total. The van der Waals surface area contributed by atoms with Crippen molar-refractivity contribution in [2.45, 2.75) is 31.8 Å². The van der Waals surface area contributed by atoms with Crippen LogP contribution < -0.4 is 4.74 Å². The first-order valence-electron chi connectivity index (χ1n) is 8.62. The van der Waals surface area contributed by atoms with E-state index >= 15 is 0 Å². The van der Waals surface area contributed by atoms with Gasteiger partial charge in [0.15, 0.2) is 6.10 Å². The van der Waals surface area contributed by atoms with Gasteiger partial charge in [-0.25, -0.2) is 0 Å². The Balaban J connectivity index is 1.43. The molecule has 1 amide bonds. The molecule has 0 N–H and O–H groups in total. The Bertz CT molecular complexity index is 760. The number of hydrogen-bond donors (Lipinski definition) is 0. The number of amides is 1. The van der Waals surface area contributed by atoms with E-state index < -0.39 is 0 Å². The summed E-state index contributed by atoms with van der Waals surface area (Å²) in [6.45, 7) is 3.91. The van der Waals surface area contributed by atoms with Crippen molar-refractivity contribution in [3.05, 3.63) is 41.6 Å². The average molecular weight is 343 g/mol. The zero-order chi connectivity index (χ0) is 17.2. The lowest BCUT2D eigenvalue weighted by atomic mass is 9.90. The van der Waals surface area contributed by atoms with Gasteiger partial charge < -0.3 is 18.8 Å². The Morgan fingerprint density at radius 1 is 1.28 bits per heavy atom. The second-order valence-electron chi connectivity index (χ2n) is 6.43. The van der Waals surface area contributed by atoms with E-state index in [4.69, 9.17) is 13.9 Å². The van der Waals surface area contributed by atoms with Crippen molar-refractivity contribution in [2.24, 2.45) is 0 Å². The molecular formula is C18H21N3O4. The molecule has 0 aliphatic carbocycles. The van der Waals surface area contributed by atoms with E-state index in [1.807, 2.05) is 23.1 Å². The van der Waals surface area contributed by atoms with Gasteiger partial charge in [0.25, 0.3) is 0 Å². The van der Waals surface area contributed by atoms with Crippen LogP contribution in [-0.4, -0.2) is 47.3 Å². The second kappa shape index (κ2) is 6.84. The van der Waals surface area contributed by atoms with E-state index in [0.29, 0.717) is 44.5 Å². The lowest BCUT2D eigenvalue weighted by molar-refractivity contribution is -0.140. The molecule has 0 bridgehead atoms. The van der Waals surface area contributed by atoms with Gasteiger partial charge in [-0.3, -0.25) is 4.79 Å². The minimum atomic E-state index is -0.346. The van der Waals surface area contributed by atoms with Crippen LogP contribution in [0.25, 0.3) is 0 Å². The van der Waals surface area contributed by atoms with Crippen LogP contribution in [0.2, 0.25) is 0 Å². The predicted molar refractivity (Wildman–Crippen MR) is 88.2 cm³/mol.